The molecule has 1 aliphatic rings. The number of aliphatic carboxylic acids is 1. The summed E-state index contributed by atoms with van der Waals surface area (Å²) < 4.78 is 0. The van der Waals surface area contributed by atoms with Crippen molar-refractivity contribution in [1.82, 2.24) is 4.90 Å². The van der Waals surface area contributed by atoms with Gasteiger partial charge in [-0.2, -0.15) is 0 Å². The summed E-state index contributed by atoms with van der Waals surface area (Å²) in [6.45, 7) is 6.75. The van der Waals surface area contributed by atoms with Crippen molar-refractivity contribution in [3.63, 3.8) is 0 Å². The van der Waals surface area contributed by atoms with E-state index in [1.807, 2.05) is 0 Å². The van der Waals surface area contributed by atoms with Gasteiger partial charge in [0.05, 0.1) is 16.5 Å². The highest BCUT2D eigenvalue weighted by Gasteiger charge is 2.43. The summed E-state index contributed by atoms with van der Waals surface area (Å²) in [6, 6.07) is 3.61. The van der Waals surface area contributed by atoms with Gasteiger partial charge in [0.2, 0.25) is 0 Å². The summed E-state index contributed by atoms with van der Waals surface area (Å²) in [6.07, 6.45) is 0.341. The van der Waals surface area contributed by atoms with E-state index >= 15 is 0 Å². The highest BCUT2D eigenvalue weighted by Crippen LogP contribution is 2.32. The van der Waals surface area contributed by atoms with Crippen LogP contribution in [0.3, 0.4) is 0 Å². The van der Waals surface area contributed by atoms with E-state index in [2.05, 4.69) is 0 Å². The Morgan fingerprint density at radius 2 is 1.57 bits per heavy atom. The summed E-state index contributed by atoms with van der Waals surface area (Å²) in [4.78, 5) is 37.5. The lowest BCUT2D eigenvalue weighted by Gasteiger charge is -2.27. The Hall–Kier alpha value is -2.17. The van der Waals surface area contributed by atoms with Gasteiger partial charge in [-0.3, -0.25) is 19.3 Å². The zero-order valence-corrected chi connectivity index (χ0v) is 12.7. The predicted octanol–water partition coefficient (Wildman–Crippen LogP) is 2.40. The molecule has 1 aliphatic heterocycles. The van der Waals surface area contributed by atoms with Crippen LogP contribution in [0.15, 0.2) is 12.1 Å². The van der Waals surface area contributed by atoms with E-state index in [-0.39, 0.29) is 6.54 Å². The Labute approximate surface area is 123 Å². The largest absolute Gasteiger partial charge is 0.481 e. The van der Waals surface area contributed by atoms with Crippen LogP contribution in [0.4, 0.5) is 0 Å². The maximum atomic E-state index is 12.5. The average Bonchev–Trinajstić information content (AvgIpc) is 2.68. The van der Waals surface area contributed by atoms with E-state index in [4.69, 9.17) is 0 Å². The van der Waals surface area contributed by atoms with Crippen LogP contribution in [-0.2, 0) is 4.79 Å². The van der Waals surface area contributed by atoms with Crippen LogP contribution in [0.1, 0.15) is 52.1 Å². The number of rotatable bonds is 4. The van der Waals surface area contributed by atoms with E-state index in [0.717, 1.165) is 16.0 Å². The van der Waals surface area contributed by atoms with Crippen LogP contribution in [0.25, 0.3) is 0 Å². The lowest BCUT2D eigenvalue weighted by Crippen LogP contribution is -2.43. The molecule has 1 aromatic rings. The predicted molar refractivity (Wildman–Crippen MR) is 77.3 cm³/mol. The highest BCUT2D eigenvalue weighted by atomic mass is 16.4. The quantitative estimate of drug-likeness (QED) is 0.864. The van der Waals surface area contributed by atoms with Gasteiger partial charge in [-0.15, -0.1) is 0 Å². The molecule has 1 aromatic carbocycles. The number of fused-ring (bicyclic) bond motifs is 1. The monoisotopic (exact) mass is 289 g/mol. The van der Waals surface area contributed by atoms with Crippen molar-refractivity contribution in [3.8, 4) is 0 Å². The summed E-state index contributed by atoms with van der Waals surface area (Å²) >= 11 is 0. The number of nitrogens with zero attached hydrogens (tertiary/aromatic N) is 1. The Bertz CT molecular complexity index is 609. The number of aryl methyl sites for hydroxylation is 2. The molecule has 0 aromatic heterocycles. The molecule has 0 radical (unpaired) electrons. The number of imide groups is 1. The maximum Gasteiger partial charge on any atom is 0.311 e. The van der Waals surface area contributed by atoms with Gasteiger partial charge in [-0.05, 0) is 38.3 Å². The van der Waals surface area contributed by atoms with Crippen molar-refractivity contribution >= 4 is 17.8 Å². The summed E-state index contributed by atoms with van der Waals surface area (Å²) in [5.74, 6) is -1.79. The molecular weight excluding hydrogens is 270 g/mol. The van der Waals surface area contributed by atoms with Gasteiger partial charge < -0.3 is 5.11 Å². The van der Waals surface area contributed by atoms with E-state index in [1.165, 1.54) is 0 Å². The van der Waals surface area contributed by atoms with Crippen molar-refractivity contribution in [3.05, 3.63) is 34.4 Å². The number of amides is 2. The third kappa shape index (κ3) is 2.22. The first kappa shape index (κ1) is 15.2. The van der Waals surface area contributed by atoms with Gasteiger partial charge in [-0.1, -0.05) is 19.1 Å². The Morgan fingerprint density at radius 1 is 1.14 bits per heavy atom. The van der Waals surface area contributed by atoms with E-state index < -0.39 is 23.2 Å². The van der Waals surface area contributed by atoms with Crippen LogP contribution >= 0.6 is 0 Å². The van der Waals surface area contributed by atoms with Crippen LogP contribution < -0.4 is 0 Å². The second-order valence-electron chi connectivity index (χ2n) is 5.87. The van der Waals surface area contributed by atoms with Crippen LogP contribution in [0.2, 0.25) is 0 Å². The Balaban J connectivity index is 2.46. The normalized spacial score (nSPS) is 16.9. The van der Waals surface area contributed by atoms with Gasteiger partial charge in [0.25, 0.3) is 11.8 Å². The topological polar surface area (TPSA) is 74.7 Å². The number of carboxylic acids is 1. The van der Waals surface area contributed by atoms with Crippen LogP contribution in [0, 0.1) is 19.3 Å². The fourth-order valence-electron chi connectivity index (χ4n) is 2.55. The van der Waals surface area contributed by atoms with Gasteiger partial charge in [-0.25, -0.2) is 0 Å². The molecule has 5 nitrogen and oxygen atoms in total. The molecule has 1 heterocycles. The third-order valence-corrected chi connectivity index (χ3v) is 4.34. The van der Waals surface area contributed by atoms with Gasteiger partial charge in [0, 0.05) is 6.54 Å². The van der Waals surface area contributed by atoms with E-state index in [1.54, 1.807) is 39.8 Å². The number of benzene rings is 1. The number of carboxylic acid groups (broad SMARTS) is 1. The smallest absolute Gasteiger partial charge is 0.311 e. The van der Waals surface area contributed by atoms with Crippen molar-refractivity contribution in [2.24, 2.45) is 5.41 Å². The SMILES string of the molecule is CCC(C)(CN1C(=O)c2c(C)ccc(C)c2C1=O)C(=O)O. The van der Waals surface area contributed by atoms with Gasteiger partial charge in [0.1, 0.15) is 0 Å². The summed E-state index contributed by atoms with van der Waals surface area (Å²) in [5.41, 5.74) is 1.16. The van der Waals surface area contributed by atoms with Crippen molar-refractivity contribution in [1.29, 1.82) is 0 Å². The second-order valence-corrected chi connectivity index (χ2v) is 5.87. The molecule has 2 amide bonds. The molecule has 0 aliphatic carbocycles. The zero-order valence-electron chi connectivity index (χ0n) is 12.7. The van der Waals surface area contributed by atoms with Crippen LogP contribution in [0.5, 0.6) is 0 Å². The summed E-state index contributed by atoms with van der Waals surface area (Å²) in [7, 11) is 0. The molecular formula is C16H19NO4. The first-order chi connectivity index (χ1) is 9.73. The lowest BCUT2D eigenvalue weighted by atomic mass is 9.87. The molecule has 5 heteroatoms. The van der Waals surface area contributed by atoms with Gasteiger partial charge >= 0.3 is 5.97 Å². The molecule has 0 saturated heterocycles. The Kier molecular flexibility index (Phi) is 3.61. The minimum Gasteiger partial charge on any atom is -0.481 e. The molecule has 1 atom stereocenters. The average molecular weight is 289 g/mol. The van der Waals surface area contributed by atoms with Crippen molar-refractivity contribution in [2.45, 2.75) is 34.1 Å². The van der Waals surface area contributed by atoms with Crippen molar-refractivity contribution < 1.29 is 19.5 Å². The fraction of sp³-hybridized carbons (Fsp3) is 0.438. The molecule has 0 spiro atoms. The standard InChI is InChI=1S/C16H19NO4/c1-5-16(4,15(20)21)8-17-13(18)11-9(2)6-7-10(3)12(11)14(17)19/h6-7H,5,8H2,1-4H3,(H,20,21). The first-order valence-electron chi connectivity index (χ1n) is 6.92. The summed E-state index contributed by atoms with van der Waals surface area (Å²) in [5, 5.41) is 9.34. The number of carbonyl (C=O) groups is 3. The number of hydrogen-bond acceptors (Lipinski definition) is 3. The molecule has 0 saturated carbocycles. The molecule has 1 N–H and O–H groups in total. The highest BCUT2D eigenvalue weighted by molar-refractivity contribution is 6.22. The van der Waals surface area contributed by atoms with Crippen molar-refractivity contribution in [2.75, 3.05) is 6.54 Å². The molecule has 1 unspecified atom stereocenters. The zero-order chi connectivity index (χ0) is 15.9. The molecule has 2 rings (SSSR count). The maximum absolute atomic E-state index is 12.5. The number of carbonyl (C=O) groups excluding carboxylic acids is 2. The fourth-order valence-corrected chi connectivity index (χ4v) is 2.55. The third-order valence-electron chi connectivity index (χ3n) is 4.34. The van der Waals surface area contributed by atoms with E-state index in [9.17, 15) is 19.5 Å². The molecule has 21 heavy (non-hydrogen) atoms. The molecule has 0 fully saturated rings. The van der Waals surface area contributed by atoms with Gasteiger partial charge in [0.15, 0.2) is 0 Å². The lowest BCUT2D eigenvalue weighted by molar-refractivity contribution is -0.148. The second kappa shape index (κ2) is 4.98. The minimum absolute atomic E-state index is 0.107. The van der Waals surface area contributed by atoms with E-state index in [0.29, 0.717) is 17.5 Å². The van der Waals surface area contributed by atoms with Crippen LogP contribution in [-0.4, -0.2) is 34.3 Å². The first-order valence-corrected chi connectivity index (χ1v) is 6.92. The molecule has 0 bridgehead atoms. The Morgan fingerprint density at radius 3 is 1.90 bits per heavy atom. The molecule has 112 valence electrons. The minimum atomic E-state index is -1.13. The number of hydrogen-bond donors (Lipinski definition) is 1.